The van der Waals surface area contributed by atoms with Gasteiger partial charge in [-0.2, -0.15) is 0 Å². The van der Waals surface area contributed by atoms with Gasteiger partial charge in [0.05, 0.1) is 11.3 Å². The summed E-state index contributed by atoms with van der Waals surface area (Å²) >= 11 is 0. The van der Waals surface area contributed by atoms with Gasteiger partial charge in [0.15, 0.2) is 0 Å². The van der Waals surface area contributed by atoms with E-state index in [2.05, 4.69) is 19.2 Å². The molecule has 1 saturated carbocycles. The summed E-state index contributed by atoms with van der Waals surface area (Å²) in [5.74, 6) is -0.556. The maximum atomic E-state index is 13.8. The van der Waals surface area contributed by atoms with Crippen LogP contribution in [0.1, 0.15) is 37.0 Å². The standard InChI is InChI=1S/C14H20FN3O/c1-8(2)14(3-4-14)7-18-12-5-9(13(17)19)11(16)6-10(12)15/h5-6,8,18H,3-4,7,16H2,1-2H3,(H2,17,19). The molecule has 0 radical (unpaired) electrons. The van der Waals surface area contributed by atoms with Gasteiger partial charge in [0.2, 0.25) is 0 Å². The van der Waals surface area contributed by atoms with E-state index in [-0.39, 0.29) is 22.4 Å². The quantitative estimate of drug-likeness (QED) is 0.715. The van der Waals surface area contributed by atoms with Crippen molar-refractivity contribution in [3.05, 3.63) is 23.5 Å². The third-order valence-corrected chi connectivity index (χ3v) is 4.15. The molecule has 1 fully saturated rings. The highest BCUT2D eigenvalue weighted by atomic mass is 19.1. The summed E-state index contributed by atoms with van der Waals surface area (Å²) < 4.78 is 13.8. The fourth-order valence-corrected chi connectivity index (χ4v) is 2.33. The van der Waals surface area contributed by atoms with Crippen molar-refractivity contribution in [1.82, 2.24) is 0 Å². The zero-order valence-corrected chi connectivity index (χ0v) is 11.3. The highest BCUT2D eigenvalue weighted by Gasteiger charge is 2.45. The van der Waals surface area contributed by atoms with Crippen LogP contribution in [0.15, 0.2) is 12.1 Å². The fourth-order valence-electron chi connectivity index (χ4n) is 2.33. The van der Waals surface area contributed by atoms with Crippen molar-refractivity contribution in [3.8, 4) is 0 Å². The van der Waals surface area contributed by atoms with Crippen molar-refractivity contribution >= 4 is 17.3 Å². The van der Waals surface area contributed by atoms with E-state index in [0.29, 0.717) is 12.5 Å². The molecule has 0 aliphatic heterocycles. The number of amides is 1. The van der Waals surface area contributed by atoms with E-state index in [9.17, 15) is 9.18 Å². The van der Waals surface area contributed by atoms with Gasteiger partial charge >= 0.3 is 0 Å². The zero-order valence-electron chi connectivity index (χ0n) is 11.3. The van der Waals surface area contributed by atoms with E-state index in [0.717, 1.165) is 18.9 Å². The van der Waals surface area contributed by atoms with Crippen molar-refractivity contribution < 1.29 is 9.18 Å². The summed E-state index contributed by atoms with van der Waals surface area (Å²) in [6, 6.07) is 2.53. The van der Waals surface area contributed by atoms with Gasteiger partial charge in [-0.25, -0.2) is 4.39 Å². The lowest BCUT2D eigenvalue weighted by Crippen LogP contribution is -2.22. The van der Waals surface area contributed by atoms with Crippen molar-refractivity contribution in [1.29, 1.82) is 0 Å². The van der Waals surface area contributed by atoms with E-state index >= 15 is 0 Å². The average Bonchev–Trinajstić information content (AvgIpc) is 3.08. The Balaban J connectivity index is 2.16. The van der Waals surface area contributed by atoms with Gasteiger partial charge in [0.1, 0.15) is 5.82 Å². The van der Waals surface area contributed by atoms with Gasteiger partial charge in [-0.05, 0) is 36.3 Å². The number of anilines is 2. The second kappa shape index (κ2) is 4.72. The molecule has 1 aliphatic carbocycles. The maximum absolute atomic E-state index is 13.8. The zero-order chi connectivity index (χ0) is 14.2. The van der Waals surface area contributed by atoms with Crippen molar-refractivity contribution in [3.63, 3.8) is 0 Å². The number of benzene rings is 1. The lowest BCUT2D eigenvalue weighted by molar-refractivity contribution is 0.100. The minimum atomic E-state index is -0.648. The van der Waals surface area contributed by atoms with Gasteiger partial charge in [0.25, 0.3) is 5.91 Å². The van der Waals surface area contributed by atoms with Crippen molar-refractivity contribution in [2.75, 3.05) is 17.6 Å². The van der Waals surface area contributed by atoms with Gasteiger partial charge < -0.3 is 16.8 Å². The molecular weight excluding hydrogens is 245 g/mol. The molecule has 0 unspecified atom stereocenters. The minimum Gasteiger partial charge on any atom is -0.398 e. The molecule has 1 aromatic carbocycles. The second-order valence-electron chi connectivity index (χ2n) is 5.65. The number of nitrogens with two attached hydrogens (primary N) is 2. The monoisotopic (exact) mass is 265 g/mol. The lowest BCUT2D eigenvalue weighted by Gasteiger charge is -2.21. The van der Waals surface area contributed by atoms with E-state index in [4.69, 9.17) is 11.5 Å². The first-order chi connectivity index (χ1) is 8.85. The summed E-state index contributed by atoms with van der Waals surface area (Å²) in [5, 5.41) is 3.08. The van der Waals surface area contributed by atoms with Crippen LogP contribution in [-0.2, 0) is 0 Å². The molecule has 19 heavy (non-hydrogen) atoms. The third-order valence-electron chi connectivity index (χ3n) is 4.15. The maximum Gasteiger partial charge on any atom is 0.250 e. The highest BCUT2D eigenvalue weighted by Crippen LogP contribution is 2.51. The summed E-state index contributed by atoms with van der Waals surface area (Å²) in [4.78, 5) is 11.2. The second-order valence-corrected chi connectivity index (χ2v) is 5.65. The predicted octanol–water partition coefficient (Wildman–Crippen LogP) is 2.35. The largest absolute Gasteiger partial charge is 0.398 e. The molecule has 5 N–H and O–H groups in total. The lowest BCUT2D eigenvalue weighted by atomic mass is 9.92. The van der Waals surface area contributed by atoms with Crippen LogP contribution in [0, 0.1) is 17.2 Å². The molecule has 0 aromatic heterocycles. The molecule has 0 bridgehead atoms. The Labute approximate surface area is 112 Å². The Bertz CT molecular complexity index is 510. The number of rotatable bonds is 5. The van der Waals surface area contributed by atoms with E-state index in [1.165, 1.54) is 6.07 Å². The number of nitrogen functional groups attached to an aromatic ring is 1. The highest BCUT2D eigenvalue weighted by molar-refractivity contribution is 5.99. The first-order valence-electron chi connectivity index (χ1n) is 6.48. The van der Waals surface area contributed by atoms with E-state index in [1.807, 2.05) is 0 Å². The molecule has 2 rings (SSSR count). The minimum absolute atomic E-state index is 0.0699. The number of nitrogens with one attached hydrogen (secondary N) is 1. The van der Waals surface area contributed by atoms with E-state index < -0.39 is 11.7 Å². The smallest absolute Gasteiger partial charge is 0.250 e. The van der Waals surface area contributed by atoms with Gasteiger partial charge in [-0.15, -0.1) is 0 Å². The summed E-state index contributed by atoms with van der Waals surface area (Å²) in [6.45, 7) is 5.04. The summed E-state index contributed by atoms with van der Waals surface area (Å²) in [6.07, 6.45) is 2.30. The Hall–Kier alpha value is -1.78. The third kappa shape index (κ3) is 2.64. The number of hydrogen-bond acceptors (Lipinski definition) is 3. The number of carbonyl (C=O) groups is 1. The molecule has 0 atom stereocenters. The number of halogens is 1. The van der Waals surface area contributed by atoms with Crippen LogP contribution < -0.4 is 16.8 Å². The van der Waals surface area contributed by atoms with Crippen LogP contribution in [0.5, 0.6) is 0 Å². The van der Waals surface area contributed by atoms with Crippen LogP contribution >= 0.6 is 0 Å². The summed E-state index contributed by atoms with van der Waals surface area (Å²) in [7, 11) is 0. The SMILES string of the molecule is CC(C)C1(CNc2cc(C(N)=O)c(N)cc2F)CC1. The Morgan fingerprint density at radius 1 is 1.47 bits per heavy atom. The predicted molar refractivity (Wildman–Crippen MR) is 74.3 cm³/mol. The first-order valence-corrected chi connectivity index (χ1v) is 6.48. The normalized spacial score (nSPS) is 16.4. The van der Waals surface area contributed by atoms with Crippen molar-refractivity contribution in [2.45, 2.75) is 26.7 Å². The Morgan fingerprint density at radius 3 is 2.58 bits per heavy atom. The van der Waals surface area contributed by atoms with Crippen LogP contribution in [0.4, 0.5) is 15.8 Å². The average molecular weight is 265 g/mol. The van der Waals surface area contributed by atoms with Crippen molar-refractivity contribution in [2.24, 2.45) is 17.1 Å². The van der Waals surface area contributed by atoms with Gasteiger partial charge in [0, 0.05) is 12.2 Å². The number of carbonyl (C=O) groups excluding carboxylic acids is 1. The molecule has 1 aromatic rings. The van der Waals surface area contributed by atoms with Crippen LogP contribution in [0.25, 0.3) is 0 Å². The van der Waals surface area contributed by atoms with Crippen LogP contribution in [-0.4, -0.2) is 12.5 Å². The molecule has 1 amide bonds. The first kappa shape index (κ1) is 13.6. The molecule has 104 valence electrons. The van der Waals surface area contributed by atoms with Crippen LogP contribution in [0.2, 0.25) is 0 Å². The molecule has 0 saturated heterocycles. The topological polar surface area (TPSA) is 81.1 Å². The van der Waals surface area contributed by atoms with Gasteiger partial charge in [-0.3, -0.25) is 4.79 Å². The molecular formula is C14H20FN3O. The fraction of sp³-hybridized carbons (Fsp3) is 0.500. The molecule has 1 aliphatic rings. The molecule has 5 heteroatoms. The summed E-state index contributed by atoms with van der Waals surface area (Å²) in [5.41, 5.74) is 11.5. The molecule has 0 heterocycles. The molecule has 4 nitrogen and oxygen atoms in total. The number of hydrogen-bond donors (Lipinski definition) is 3. The molecule has 0 spiro atoms. The van der Waals surface area contributed by atoms with E-state index in [1.54, 1.807) is 0 Å². The Morgan fingerprint density at radius 2 is 2.11 bits per heavy atom. The number of primary amides is 1. The van der Waals surface area contributed by atoms with Crippen LogP contribution in [0.3, 0.4) is 0 Å². The van der Waals surface area contributed by atoms with Gasteiger partial charge in [-0.1, -0.05) is 13.8 Å². The Kier molecular flexibility index (Phi) is 3.39.